The first kappa shape index (κ1) is 38.7. The number of amides is 1. The SMILES string of the molecule is CC(C)(C)OC(=O)NC(Cc1ccc(OC(=O)C(C)(C)COC(=O)c2ccsc2)c(OC(=O)C(C)(C)COC(=O)c2ccsc2)c1)C(=O)O. The van der Waals surface area contributed by atoms with Gasteiger partial charge in [0.1, 0.15) is 24.9 Å². The number of carbonyl (C=O) groups excluding carboxylic acids is 5. The molecule has 1 amide bonds. The summed E-state index contributed by atoms with van der Waals surface area (Å²) in [5.74, 6) is -4.72. The Morgan fingerprint density at radius 3 is 1.65 bits per heavy atom. The highest BCUT2D eigenvalue weighted by Gasteiger charge is 2.36. The highest BCUT2D eigenvalue weighted by molar-refractivity contribution is 7.08. The number of aliphatic carboxylic acids is 1. The molecule has 0 spiro atoms. The predicted octanol–water partition coefficient (Wildman–Crippen LogP) is 5.91. The number of thiophene rings is 2. The number of alkyl carbamates (subject to hydrolysis) is 1. The van der Waals surface area contributed by atoms with Crippen LogP contribution in [0.2, 0.25) is 0 Å². The van der Waals surface area contributed by atoms with Gasteiger partial charge in [-0.15, -0.1) is 0 Å². The molecule has 1 aromatic carbocycles. The van der Waals surface area contributed by atoms with E-state index >= 15 is 0 Å². The summed E-state index contributed by atoms with van der Waals surface area (Å²) in [7, 11) is 0. The molecule has 1 unspecified atom stereocenters. The Hall–Kier alpha value is -4.76. The molecule has 13 nitrogen and oxygen atoms in total. The van der Waals surface area contributed by atoms with Crippen LogP contribution in [0.1, 0.15) is 74.7 Å². The van der Waals surface area contributed by atoms with Crippen LogP contribution in [0.15, 0.2) is 51.9 Å². The van der Waals surface area contributed by atoms with Crippen molar-refractivity contribution in [1.29, 1.82) is 0 Å². The van der Waals surface area contributed by atoms with Gasteiger partial charge in [-0.25, -0.2) is 19.2 Å². The zero-order chi connectivity index (χ0) is 36.6. The molecule has 264 valence electrons. The summed E-state index contributed by atoms with van der Waals surface area (Å²) in [6, 6.07) is 5.77. The smallest absolute Gasteiger partial charge is 0.408 e. The van der Waals surface area contributed by atoms with Crippen LogP contribution in [0.4, 0.5) is 4.79 Å². The zero-order valence-corrected chi connectivity index (χ0v) is 29.8. The van der Waals surface area contributed by atoms with Gasteiger partial charge in [-0.3, -0.25) is 9.59 Å². The molecule has 3 rings (SSSR count). The van der Waals surface area contributed by atoms with Gasteiger partial charge in [0, 0.05) is 17.2 Å². The molecule has 0 saturated heterocycles. The molecule has 0 aliphatic rings. The van der Waals surface area contributed by atoms with Crippen molar-refractivity contribution >= 4 is 58.6 Å². The van der Waals surface area contributed by atoms with Gasteiger partial charge in [-0.05, 0) is 89.1 Å². The highest BCUT2D eigenvalue weighted by Crippen LogP contribution is 2.34. The Morgan fingerprint density at radius 1 is 0.735 bits per heavy atom. The number of hydrogen-bond donors (Lipinski definition) is 2. The number of hydrogen-bond acceptors (Lipinski definition) is 13. The van der Waals surface area contributed by atoms with E-state index in [4.69, 9.17) is 23.7 Å². The lowest BCUT2D eigenvalue weighted by Crippen LogP contribution is -2.44. The van der Waals surface area contributed by atoms with E-state index in [0.29, 0.717) is 11.1 Å². The van der Waals surface area contributed by atoms with Crippen molar-refractivity contribution in [2.75, 3.05) is 13.2 Å². The van der Waals surface area contributed by atoms with Crippen LogP contribution < -0.4 is 14.8 Å². The summed E-state index contributed by atoms with van der Waals surface area (Å²) in [6.45, 7) is 10.2. The van der Waals surface area contributed by atoms with Crippen molar-refractivity contribution < 1.29 is 57.6 Å². The lowest BCUT2D eigenvalue weighted by molar-refractivity contribution is -0.149. The quantitative estimate of drug-likeness (QED) is 0.115. The van der Waals surface area contributed by atoms with Crippen molar-refractivity contribution in [3.8, 4) is 11.5 Å². The van der Waals surface area contributed by atoms with Gasteiger partial charge in [-0.2, -0.15) is 22.7 Å². The number of esters is 4. The van der Waals surface area contributed by atoms with Crippen molar-refractivity contribution in [1.82, 2.24) is 5.32 Å². The summed E-state index contributed by atoms with van der Waals surface area (Å²) in [5, 5.41) is 18.7. The van der Waals surface area contributed by atoms with E-state index in [1.807, 2.05) is 0 Å². The van der Waals surface area contributed by atoms with Crippen molar-refractivity contribution in [3.05, 3.63) is 68.5 Å². The lowest BCUT2D eigenvalue weighted by atomic mass is 9.95. The maximum atomic E-state index is 13.4. The Balaban J connectivity index is 1.84. The van der Waals surface area contributed by atoms with Crippen LogP contribution >= 0.6 is 22.7 Å². The van der Waals surface area contributed by atoms with Crippen molar-refractivity contribution in [2.45, 2.75) is 66.5 Å². The number of benzene rings is 1. The van der Waals surface area contributed by atoms with E-state index < -0.39 is 58.4 Å². The van der Waals surface area contributed by atoms with E-state index in [2.05, 4.69) is 5.32 Å². The van der Waals surface area contributed by atoms with E-state index in [0.717, 1.165) is 0 Å². The number of rotatable bonds is 14. The fourth-order valence-electron chi connectivity index (χ4n) is 3.74. The van der Waals surface area contributed by atoms with Gasteiger partial charge >= 0.3 is 35.9 Å². The molecule has 2 aromatic heterocycles. The fourth-order valence-corrected chi connectivity index (χ4v) is 4.99. The second kappa shape index (κ2) is 16.1. The van der Waals surface area contributed by atoms with Crippen LogP contribution in [0.3, 0.4) is 0 Å². The van der Waals surface area contributed by atoms with E-state index in [1.54, 1.807) is 54.4 Å². The largest absolute Gasteiger partial charge is 0.480 e. The maximum Gasteiger partial charge on any atom is 0.408 e. The van der Waals surface area contributed by atoms with Gasteiger partial charge in [0.15, 0.2) is 11.5 Å². The third-order valence-corrected chi connectivity index (χ3v) is 7.96. The van der Waals surface area contributed by atoms with Gasteiger partial charge in [-0.1, -0.05) is 6.07 Å². The highest BCUT2D eigenvalue weighted by atomic mass is 32.1. The molecule has 0 aliphatic carbocycles. The fraction of sp³-hybridized carbons (Fsp3) is 0.412. The van der Waals surface area contributed by atoms with Crippen LogP contribution in [0.25, 0.3) is 0 Å². The maximum absolute atomic E-state index is 13.4. The Kier molecular flexibility index (Phi) is 12.7. The van der Waals surface area contributed by atoms with Gasteiger partial charge in [0.25, 0.3) is 0 Å². The van der Waals surface area contributed by atoms with E-state index in [1.165, 1.54) is 68.6 Å². The van der Waals surface area contributed by atoms with Crippen molar-refractivity contribution in [2.24, 2.45) is 10.8 Å². The number of carbonyl (C=O) groups is 6. The van der Waals surface area contributed by atoms with Crippen LogP contribution in [0, 0.1) is 10.8 Å². The first-order valence-electron chi connectivity index (χ1n) is 15.0. The molecule has 0 aliphatic heterocycles. The Bertz CT molecular complexity index is 1650. The number of carboxylic acids is 1. The zero-order valence-electron chi connectivity index (χ0n) is 28.1. The summed E-state index contributed by atoms with van der Waals surface area (Å²) < 4.78 is 27.1. The lowest BCUT2D eigenvalue weighted by Gasteiger charge is -2.25. The molecular formula is C34H39NO12S2. The second-order valence-corrected chi connectivity index (χ2v) is 14.8. The third kappa shape index (κ3) is 11.7. The molecule has 15 heteroatoms. The molecule has 3 aromatic rings. The minimum Gasteiger partial charge on any atom is -0.480 e. The predicted molar refractivity (Wildman–Crippen MR) is 179 cm³/mol. The number of carboxylic acid groups (broad SMARTS) is 1. The van der Waals surface area contributed by atoms with Gasteiger partial charge < -0.3 is 34.1 Å². The minimum absolute atomic E-state index is 0.197. The molecular weight excluding hydrogens is 679 g/mol. The molecule has 0 saturated carbocycles. The van der Waals surface area contributed by atoms with Crippen LogP contribution in [0.5, 0.6) is 11.5 Å². The topological polar surface area (TPSA) is 181 Å². The standard InChI is InChI=1S/C34H39NO12S2/c1-32(2,3)47-31(42)35-23(26(36)37)14-20-8-9-24(45-29(40)33(4,5)18-43-27(38)21-10-12-48-16-21)25(15-20)46-30(41)34(6,7)19-44-28(39)22-11-13-49-17-22/h8-13,15-17,23H,14,18-19H2,1-7H3,(H,35,42)(H,36,37). The third-order valence-electron chi connectivity index (χ3n) is 6.59. The number of ether oxygens (including phenoxy) is 5. The molecule has 2 heterocycles. The first-order chi connectivity index (χ1) is 22.8. The molecule has 1 atom stereocenters. The summed E-state index contributed by atoms with van der Waals surface area (Å²) >= 11 is 2.62. The molecule has 0 radical (unpaired) electrons. The van der Waals surface area contributed by atoms with Crippen molar-refractivity contribution in [3.63, 3.8) is 0 Å². The first-order valence-corrected chi connectivity index (χ1v) is 16.8. The van der Waals surface area contributed by atoms with Crippen LogP contribution in [-0.4, -0.2) is 65.9 Å². The molecule has 0 bridgehead atoms. The Morgan fingerprint density at radius 2 is 1.22 bits per heavy atom. The Labute approximate surface area is 291 Å². The normalized spacial score (nSPS) is 12.3. The van der Waals surface area contributed by atoms with E-state index in [-0.39, 0.29) is 36.7 Å². The minimum atomic E-state index is -1.43. The summed E-state index contributed by atoms with van der Waals surface area (Å²) in [5.41, 5.74) is -2.64. The average Bonchev–Trinajstić information content (AvgIpc) is 3.74. The number of nitrogens with one attached hydrogen (secondary N) is 1. The van der Waals surface area contributed by atoms with Gasteiger partial charge in [0.2, 0.25) is 0 Å². The van der Waals surface area contributed by atoms with E-state index in [9.17, 15) is 33.9 Å². The summed E-state index contributed by atoms with van der Waals surface area (Å²) in [6.07, 6.45) is -1.21. The van der Waals surface area contributed by atoms with Crippen LogP contribution in [-0.2, 0) is 35.0 Å². The second-order valence-electron chi connectivity index (χ2n) is 13.2. The molecule has 2 N–H and O–H groups in total. The molecule has 0 fully saturated rings. The molecule has 49 heavy (non-hydrogen) atoms. The monoisotopic (exact) mass is 717 g/mol. The average molecular weight is 718 g/mol. The summed E-state index contributed by atoms with van der Waals surface area (Å²) in [4.78, 5) is 75.7. The van der Waals surface area contributed by atoms with Gasteiger partial charge in [0.05, 0.1) is 22.0 Å².